The number of aromatic nitrogens is 2. The lowest BCUT2D eigenvalue weighted by molar-refractivity contribution is -0.0527. The number of hydrogen-bond acceptors (Lipinski definition) is 6. The maximum absolute atomic E-state index is 6.06. The molecule has 0 amide bonds. The normalized spacial score (nSPS) is 20.4. The molecule has 0 radical (unpaired) electrons. The van der Waals surface area contributed by atoms with Gasteiger partial charge in [-0.25, -0.2) is 0 Å². The Morgan fingerprint density at radius 2 is 2.16 bits per heavy atom. The second-order valence-corrected chi connectivity index (χ2v) is 6.09. The smallest absolute Gasteiger partial charge is 0.243 e. The lowest BCUT2D eigenvalue weighted by atomic mass is 9.84. The fraction of sp³-hybridized carbons (Fsp3) is 0.846. The molecular weight excluding hydrogens is 262 g/mol. The van der Waals surface area contributed by atoms with Crippen molar-refractivity contribution in [2.24, 2.45) is 5.73 Å². The van der Waals surface area contributed by atoms with Crippen LogP contribution in [0.1, 0.15) is 56.3 Å². The van der Waals surface area contributed by atoms with Gasteiger partial charge in [0.25, 0.3) is 0 Å². The zero-order valence-electron chi connectivity index (χ0n) is 11.7. The molecule has 6 heteroatoms. The second-order valence-electron chi connectivity index (χ2n) is 5.10. The molecule has 1 atom stereocenters. The Labute approximate surface area is 118 Å². The highest BCUT2D eigenvalue weighted by atomic mass is 32.2. The number of methoxy groups -OCH3 is 1. The van der Waals surface area contributed by atoms with Crippen LogP contribution in [0.2, 0.25) is 0 Å². The van der Waals surface area contributed by atoms with Gasteiger partial charge in [0.15, 0.2) is 0 Å². The number of rotatable bonds is 6. The molecule has 0 aromatic carbocycles. The average Bonchev–Trinajstić information content (AvgIpc) is 2.96. The predicted octanol–water partition coefficient (Wildman–Crippen LogP) is 2.63. The summed E-state index contributed by atoms with van der Waals surface area (Å²) in [7, 11) is 1.73. The van der Waals surface area contributed by atoms with Gasteiger partial charge >= 0.3 is 0 Å². The van der Waals surface area contributed by atoms with Crippen LogP contribution in [0.5, 0.6) is 0 Å². The Morgan fingerprint density at radius 3 is 2.79 bits per heavy atom. The summed E-state index contributed by atoms with van der Waals surface area (Å²) in [4.78, 5) is 4.49. The molecule has 1 heterocycles. The molecule has 19 heavy (non-hydrogen) atoms. The van der Waals surface area contributed by atoms with Crippen molar-refractivity contribution >= 4 is 11.8 Å². The Bertz CT molecular complexity index is 391. The fourth-order valence-electron chi connectivity index (χ4n) is 2.58. The van der Waals surface area contributed by atoms with Crippen molar-refractivity contribution in [3.63, 3.8) is 0 Å². The lowest BCUT2D eigenvalue weighted by Gasteiger charge is -2.32. The van der Waals surface area contributed by atoms with Crippen LogP contribution in [0, 0.1) is 0 Å². The van der Waals surface area contributed by atoms with Crippen LogP contribution in [-0.2, 0) is 10.3 Å². The van der Waals surface area contributed by atoms with Crippen LogP contribution < -0.4 is 5.73 Å². The predicted molar refractivity (Wildman–Crippen MR) is 76.0 cm³/mol. The largest absolute Gasteiger partial charge is 0.370 e. The minimum atomic E-state index is -0.362. The molecule has 2 N–H and O–H groups in total. The minimum Gasteiger partial charge on any atom is -0.370 e. The van der Waals surface area contributed by atoms with Gasteiger partial charge in [0.05, 0.1) is 6.04 Å². The topological polar surface area (TPSA) is 74.2 Å². The van der Waals surface area contributed by atoms with E-state index in [1.54, 1.807) is 18.9 Å². The summed E-state index contributed by atoms with van der Waals surface area (Å²) in [5, 5.41) is 4.11. The summed E-state index contributed by atoms with van der Waals surface area (Å²) in [5.41, 5.74) is 5.70. The van der Waals surface area contributed by atoms with Crippen molar-refractivity contribution in [2.75, 3.05) is 19.1 Å². The van der Waals surface area contributed by atoms with Crippen LogP contribution in [0.4, 0.5) is 0 Å². The molecule has 0 unspecified atom stereocenters. The Kier molecular flexibility index (Phi) is 5.24. The van der Waals surface area contributed by atoms with E-state index in [4.69, 9.17) is 15.0 Å². The Hall–Kier alpha value is -0.590. The van der Waals surface area contributed by atoms with Crippen molar-refractivity contribution in [3.05, 3.63) is 11.7 Å². The van der Waals surface area contributed by atoms with Gasteiger partial charge in [-0.1, -0.05) is 24.4 Å². The van der Waals surface area contributed by atoms with E-state index in [-0.39, 0.29) is 11.6 Å². The van der Waals surface area contributed by atoms with E-state index in [2.05, 4.69) is 16.4 Å². The van der Waals surface area contributed by atoms with Crippen LogP contribution in [0.15, 0.2) is 4.52 Å². The number of hydrogen-bond donors (Lipinski definition) is 1. The third-order valence-electron chi connectivity index (χ3n) is 3.85. The van der Waals surface area contributed by atoms with Crippen molar-refractivity contribution < 1.29 is 9.26 Å². The van der Waals surface area contributed by atoms with Gasteiger partial charge in [0, 0.05) is 7.11 Å². The molecule has 0 spiro atoms. The van der Waals surface area contributed by atoms with E-state index in [1.165, 1.54) is 6.42 Å². The first-order chi connectivity index (χ1) is 9.22. The van der Waals surface area contributed by atoms with E-state index >= 15 is 0 Å². The molecule has 5 nitrogen and oxygen atoms in total. The third-order valence-corrected chi connectivity index (χ3v) is 4.50. The number of nitrogens with zero attached hydrogens (tertiary/aromatic N) is 2. The minimum absolute atomic E-state index is 0.175. The SMILES string of the molecule is COC1(c2noc([C@@H](N)CCSC)n2)CCCCC1. The molecule has 108 valence electrons. The van der Waals surface area contributed by atoms with Gasteiger partial charge in [0.1, 0.15) is 5.60 Å². The van der Waals surface area contributed by atoms with E-state index in [0.717, 1.165) is 37.9 Å². The summed E-state index contributed by atoms with van der Waals surface area (Å²) >= 11 is 1.77. The van der Waals surface area contributed by atoms with Crippen LogP contribution in [-0.4, -0.2) is 29.3 Å². The molecule has 1 aliphatic carbocycles. The van der Waals surface area contributed by atoms with Gasteiger partial charge in [0.2, 0.25) is 11.7 Å². The average molecular weight is 285 g/mol. The number of nitrogens with two attached hydrogens (primary N) is 1. The molecule has 0 aliphatic heterocycles. The summed E-state index contributed by atoms with van der Waals surface area (Å²) in [5.74, 6) is 2.20. The molecule has 1 fully saturated rings. The maximum atomic E-state index is 6.06. The highest BCUT2D eigenvalue weighted by Crippen LogP contribution is 2.38. The first-order valence-electron chi connectivity index (χ1n) is 6.85. The van der Waals surface area contributed by atoms with Gasteiger partial charge in [-0.15, -0.1) is 0 Å². The summed E-state index contributed by atoms with van der Waals surface area (Å²) in [6.07, 6.45) is 8.39. The fourth-order valence-corrected chi connectivity index (χ4v) is 3.07. The van der Waals surface area contributed by atoms with Gasteiger partial charge < -0.3 is 15.0 Å². The van der Waals surface area contributed by atoms with Crippen molar-refractivity contribution in [2.45, 2.75) is 50.2 Å². The maximum Gasteiger partial charge on any atom is 0.243 e. The molecular formula is C13H23N3O2S. The van der Waals surface area contributed by atoms with Crippen molar-refractivity contribution in [1.82, 2.24) is 10.1 Å². The Balaban J connectivity index is 2.10. The Morgan fingerprint density at radius 1 is 1.42 bits per heavy atom. The number of ether oxygens (including phenoxy) is 1. The third kappa shape index (κ3) is 3.30. The van der Waals surface area contributed by atoms with Gasteiger partial charge in [-0.05, 0) is 31.3 Å². The molecule has 0 saturated heterocycles. The molecule has 1 saturated carbocycles. The summed E-state index contributed by atoms with van der Waals surface area (Å²) < 4.78 is 11.0. The second kappa shape index (κ2) is 6.72. The van der Waals surface area contributed by atoms with Crippen LogP contribution in [0.25, 0.3) is 0 Å². The molecule has 0 bridgehead atoms. The summed E-state index contributed by atoms with van der Waals surface area (Å²) in [6.45, 7) is 0. The number of thioether (sulfide) groups is 1. The van der Waals surface area contributed by atoms with Crippen LogP contribution in [0.3, 0.4) is 0 Å². The first kappa shape index (κ1) is 14.8. The van der Waals surface area contributed by atoms with E-state index in [1.807, 2.05) is 0 Å². The van der Waals surface area contributed by atoms with E-state index in [9.17, 15) is 0 Å². The first-order valence-corrected chi connectivity index (χ1v) is 8.25. The standard InChI is InChI=1S/C13H23N3O2S/c1-17-13(7-4-3-5-8-13)12-15-11(18-16-12)10(14)6-9-19-2/h10H,3-9,14H2,1-2H3/t10-/m0/s1. The molecule has 1 aromatic heterocycles. The van der Waals surface area contributed by atoms with Gasteiger partial charge in [-0.3, -0.25) is 0 Å². The zero-order chi connectivity index (χ0) is 13.7. The van der Waals surface area contributed by atoms with E-state index < -0.39 is 0 Å². The van der Waals surface area contributed by atoms with E-state index in [0.29, 0.717) is 11.7 Å². The summed E-state index contributed by atoms with van der Waals surface area (Å²) in [6, 6.07) is -0.175. The zero-order valence-corrected chi connectivity index (χ0v) is 12.5. The highest BCUT2D eigenvalue weighted by Gasteiger charge is 2.38. The van der Waals surface area contributed by atoms with Crippen molar-refractivity contribution in [3.8, 4) is 0 Å². The highest BCUT2D eigenvalue weighted by molar-refractivity contribution is 7.98. The molecule has 1 aliphatic rings. The lowest BCUT2D eigenvalue weighted by Crippen LogP contribution is -2.32. The van der Waals surface area contributed by atoms with Gasteiger partial charge in [-0.2, -0.15) is 16.7 Å². The molecule has 1 aromatic rings. The quantitative estimate of drug-likeness (QED) is 0.866. The van der Waals surface area contributed by atoms with Crippen molar-refractivity contribution in [1.29, 1.82) is 0 Å². The monoisotopic (exact) mass is 285 g/mol. The van der Waals surface area contributed by atoms with Crippen LogP contribution >= 0.6 is 11.8 Å². The molecule has 2 rings (SSSR count).